The van der Waals surface area contributed by atoms with Gasteiger partial charge >= 0.3 is 0 Å². The quantitative estimate of drug-likeness (QED) is 0.547. The Morgan fingerprint density at radius 3 is 2.44 bits per heavy atom. The van der Waals surface area contributed by atoms with Crippen LogP contribution in [0.3, 0.4) is 0 Å². The molecule has 0 spiro atoms. The first-order valence-corrected chi connectivity index (χ1v) is 5.44. The molecule has 0 atom stereocenters. The van der Waals surface area contributed by atoms with E-state index in [4.69, 9.17) is 9.47 Å². The number of hydrogen-bond acceptors (Lipinski definition) is 4. The minimum Gasteiger partial charge on any atom is -0.379 e. The van der Waals surface area contributed by atoms with Gasteiger partial charge in [-0.25, -0.2) is 0 Å². The maximum Gasteiger partial charge on any atom is 0.246 e. The van der Waals surface area contributed by atoms with E-state index in [-0.39, 0.29) is 24.9 Å². The van der Waals surface area contributed by atoms with Gasteiger partial charge in [0.25, 0.3) is 0 Å². The fourth-order valence-electron chi connectivity index (χ4n) is 0.945. The third kappa shape index (κ3) is 13.6. The average molecular weight is 255 g/mol. The van der Waals surface area contributed by atoms with E-state index in [1.165, 1.54) is 0 Å². The lowest BCUT2D eigenvalue weighted by atomic mass is 10.5. The van der Waals surface area contributed by atoms with Crippen molar-refractivity contribution in [1.82, 2.24) is 10.6 Å². The zero-order chi connectivity index (χ0) is 11.4. The molecule has 0 unspecified atom stereocenters. The average Bonchev–Trinajstić information content (AvgIpc) is 2.24. The van der Waals surface area contributed by atoms with Crippen molar-refractivity contribution >= 4 is 18.3 Å². The van der Waals surface area contributed by atoms with Crippen LogP contribution in [0, 0.1) is 0 Å². The highest BCUT2D eigenvalue weighted by Gasteiger charge is 1.99. The fraction of sp³-hybridized carbons (Fsp3) is 0.900. The summed E-state index contributed by atoms with van der Waals surface area (Å²) in [6.45, 7) is 8.10. The molecule has 16 heavy (non-hydrogen) atoms. The Hall–Kier alpha value is -0.360. The molecule has 0 rings (SSSR count). The summed E-state index contributed by atoms with van der Waals surface area (Å²) in [4.78, 5) is 11.1. The summed E-state index contributed by atoms with van der Waals surface area (Å²) in [7, 11) is 0. The van der Waals surface area contributed by atoms with E-state index < -0.39 is 0 Å². The maximum absolute atomic E-state index is 11.1. The predicted molar refractivity (Wildman–Crippen MR) is 66.1 cm³/mol. The number of carbonyl (C=O) groups is 1. The molecule has 0 fully saturated rings. The van der Waals surface area contributed by atoms with Gasteiger partial charge in [-0.3, -0.25) is 4.79 Å². The molecule has 6 heteroatoms. The van der Waals surface area contributed by atoms with Gasteiger partial charge in [0.05, 0.1) is 13.2 Å². The van der Waals surface area contributed by atoms with E-state index in [1.807, 2.05) is 13.8 Å². The van der Waals surface area contributed by atoms with Crippen LogP contribution in [-0.4, -0.2) is 52.0 Å². The van der Waals surface area contributed by atoms with Crippen LogP contribution < -0.4 is 10.6 Å². The van der Waals surface area contributed by atoms with Crippen LogP contribution in [0.25, 0.3) is 0 Å². The van der Waals surface area contributed by atoms with Crippen LogP contribution in [0.2, 0.25) is 0 Å². The Kier molecular flexibility index (Phi) is 16.5. The second kappa shape index (κ2) is 14.6. The van der Waals surface area contributed by atoms with Crippen molar-refractivity contribution in [2.24, 2.45) is 0 Å². The van der Waals surface area contributed by atoms with Gasteiger partial charge in [0.15, 0.2) is 0 Å². The minimum absolute atomic E-state index is 0. The summed E-state index contributed by atoms with van der Waals surface area (Å²) in [6.07, 6.45) is 0. The summed E-state index contributed by atoms with van der Waals surface area (Å²) >= 11 is 0. The molecule has 0 bridgehead atoms. The summed E-state index contributed by atoms with van der Waals surface area (Å²) in [5.41, 5.74) is 0. The van der Waals surface area contributed by atoms with E-state index in [0.717, 1.165) is 13.1 Å². The van der Waals surface area contributed by atoms with E-state index in [9.17, 15) is 4.79 Å². The largest absolute Gasteiger partial charge is 0.379 e. The van der Waals surface area contributed by atoms with Crippen molar-refractivity contribution in [2.75, 3.05) is 46.1 Å². The number of rotatable bonds is 10. The van der Waals surface area contributed by atoms with Gasteiger partial charge in [0, 0.05) is 19.7 Å². The van der Waals surface area contributed by atoms with Gasteiger partial charge in [0.2, 0.25) is 5.91 Å². The lowest BCUT2D eigenvalue weighted by molar-refractivity contribution is -0.126. The first-order chi connectivity index (χ1) is 7.31. The molecule has 1 amide bonds. The molecule has 0 aromatic carbocycles. The van der Waals surface area contributed by atoms with Crippen LogP contribution in [0.15, 0.2) is 0 Å². The Labute approximate surface area is 104 Å². The molecular formula is C10H23ClN2O3. The highest BCUT2D eigenvalue weighted by molar-refractivity contribution is 5.85. The van der Waals surface area contributed by atoms with E-state index in [2.05, 4.69) is 10.6 Å². The Morgan fingerprint density at radius 1 is 1.12 bits per heavy atom. The Bertz CT molecular complexity index is 159. The molecule has 2 N–H and O–H groups in total. The Balaban J connectivity index is 0. The van der Waals surface area contributed by atoms with Crippen LogP contribution in [0.1, 0.15) is 13.8 Å². The SMILES string of the molecule is CCNCCNC(=O)COCCOCC.Cl. The molecular weight excluding hydrogens is 232 g/mol. The third-order valence-electron chi connectivity index (χ3n) is 1.68. The number of carbonyl (C=O) groups excluding carboxylic acids is 1. The maximum atomic E-state index is 11.1. The van der Waals surface area contributed by atoms with Gasteiger partial charge in [-0.1, -0.05) is 6.92 Å². The first kappa shape index (κ1) is 18.0. The van der Waals surface area contributed by atoms with Gasteiger partial charge in [-0.2, -0.15) is 0 Å². The number of ether oxygens (including phenoxy) is 2. The molecule has 5 nitrogen and oxygen atoms in total. The van der Waals surface area contributed by atoms with E-state index in [1.54, 1.807) is 0 Å². The number of amides is 1. The molecule has 0 radical (unpaired) electrons. The molecule has 0 aliphatic rings. The van der Waals surface area contributed by atoms with Crippen molar-refractivity contribution in [2.45, 2.75) is 13.8 Å². The second-order valence-corrected chi connectivity index (χ2v) is 2.95. The van der Waals surface area contributed by atoms with Gasteiger partial charge in [-0.05, 0) is 13.5 Å². The molecule has 0 saturated carbocycles. The van der Waals surface area contributed by atoms with Gasteiger partial charge < -0.3 is 20.1 Å². The number of likely N-dealkylation sites (N-methyl/N-ethyl adjacent to an activating group) is 1. The smallest absolute Gasteiger partial charge is 0.246 e. The van der Waals surface area contributed by atoms with Crippen LogP contribution in [-0.2, 0) is 14.3 Å². The van der Waals surface area contributed by atoms with Crippen molar-refractivity contribution in [3.8, 4) is 0 Å². The van der Waals surface area contributed by atoms with Crippen LogP contribution in [0.5, 0.6) is 0 Å². The van der Waals surface area contributed by atoms with Crippen LogP contribution in [0.4, 0.5) is 0 Å². The molecule has 98 valence electrons. The topological polar surface area (TPSA) is 59.6 Å². The predicted octanol–water partition coefficient (Wildman–Crippen LogP) is 0.187. The number of halogens is 1. The number of nitrogens with one attached hydrogen (secondary N) is 2. The zero-order valence-electron chi connectivity index (χ0n) is 10.1. The standard InChI is InChI=1S/C10H22N2O3.ClH/c1-3-11-5-6-12-10(13)9-15-8-7-14-4-2;/h11H,3-9H2,1-2H3,(H,12,13);1H. The highest BCUT2D eigenvalue weighted by atomic mass is 35.5. The molecule has 0 aliphatic heterocycles. The van der Waals surface area contributed by atoms with Crippen molar-refractivity contribution < 1.29 is 14.3 Å². The normalized spacial score (nSPS) is 9.62. The van der Waals surface area contributed by atoms with Gasteiger partial charge in [-0.15, -0.1) is 12.4 Å². The Morgan fingerprint density at radius 2 is 1.81 bits per heavy atom. The lowest BCUT2D eigenvalue weighted by Gasteiger charge is -2.06. The van der Waals surface area contributed by atoms with Crippen molar-refractivity contribution in [3.63, 3.8) is 0 Å². The highest BCUT2D eigenvalue weighted by Crippen LogP contribution is 1.78. The summed E-state index contributed by atoms with van der Waals surface area (Å²) < 4.78 is 10.2. The third-order valence-corrected chi connectivity index (χ3v) is 1.68. The second-order valence-electron chi connectivity index (χ2n) is 2.95. The van der Waals surface area contributed by atoms with Crippen LogP contribution >= 0.6 is 12.4 Å². The molecule has 0 saturated heterocycles. The summed E-state index contributed by atoms with van der Waals surface area (Å²) in [5.74, 6) is -0.0793. The molecule has 0 aromatic heterocycles. The van der Waals surface area contributed by atoms with Crippen molar-refractivity contribution in [3.05, 3.63) is 0 Å². The zero-order valence-corrected chi connectivity index (χ0v) is 10.9. The van der Waals surface area contributed by atoms with E-state index >= 15 is 0 Å². The van der Waals surface area contributed by atoms with Crippen molar-refractivity contribution in [1.29, 1.82) is 0 Å². The van der Waals surface area contributed by atoms with E-state index in [0.29, 0.717) is 26.4 Å². The first-order valence-electron chi connectivity index (χ1n) is 5.44. The monoisotopic (exact) mass is 254 g/mol. The molecule has 0 aliphatic carbocycles. The summed E-state index contributed by atoms with van der Waals surface area (Å²) in [5, 5.41) is 5.85. The fourth-order valence-corrected chi connectivity index (χ4v) is 0.945. The minimum atomic E-state index is -0.0793. The molecule has 0 heterocycles. The van der Waals surface area contributed by atoms with Gasteiger partial charge in [0.1, 0.15) is 6.61 Å². The summed E-state index contributed by atoms with van der Waals surface area (Å²) in [6, 6.07) is 0. The molecule has 0 aromatic rings. The number of hydrogen-bond donors (Lipinski definition) is 2. The lowest BCUT2D eigenvalue weighted by Crippen LogP contribution is -2.34.